The molecule has 5 nitrogen and oxygen atoms in total. The van der Waals surface area contributed by atoms with E-state index in [1.54, 1.807) is 30.0 Å². The molecule has 0 saturated carbocycles. The van der Waals surface area contributed by atoms with Crippen LogP contribution in [0.4, 0.5) is 0 Å². The highest BCUT2D eigenvalue weighted by molar-refractivity contribution is 7.97. The van der Waals surface area contributed by atoms with E-state index >= 15 is 0 Å². The molecule has 0 radical (unpaired) electrons. The minimum Gasteiger partial charge on any atom is -0.379 e. The normalized spacial score (nSPS) is 11.8. The summed E-state index contributed by atoms with van der Waals surface area (Å²) in [5, 5.41) is 11.8. The van der Waals surface area contributed by atoms with Gasteiger partial charge in [0.15, 0.2) is 11.7 Å². The first-order chi connectivity index (χ1) is 11.5. The average molecular weight is 348 g/mol. The van der Waals surface area contributed by atoms with E-state index in [0.29, 0.717) is 25.1 Å². The lowest BCUT2D eigenvalue weighted by Crippen LogP contribution is -2.35. The van der Waals surface area contributed by atoms with Gasteiger partial charge in [0.05, 0.1) is 12.2 Å². The molecule has 0 saturated heterocycles. The molecular formula is C18H24N2O3S. The van der Waals surface area contributed by atoms with Crippen LogP contribution in [0.25, 0.3) is 0 Å². The van der Waals surface area contributed by atoms with Gasteiger partial charge < -0.3 is 10.1 Å². The van der Waals surface area contributed by atoms with Gasteiger partial charge in [-0.15, -0.1) is 0 Å². The van der Waals surface area contributed by atoms with Crippen LogP contribution in [-0.4, -0.2) is 37.2 Å². The number of ketones is 1. The molecule has 1 unspecified atom stereocenters. The molecule has 1 aromatic rings. The van der Waals surface area contributed by atoms with Crippen LogP contribution < -0.4 is 5.32 Å². The molecule has 24 heavy (non-hydrogen) atoms. The molecule has 6 heteroatoms. The third-order valence-corrected chi connectivity index (χ3v) is 3.90. The predicted octanol–water partition coefficient (Wildman–Crippen LogP) is 2.80. The van der Waals surface area contributed by atoms with Crippen molar-refractivity contribution in [2.24, 2.45) is 5.92 Å². The number of amides is 1. The van der Waals surface area contributed by atoms with E-state index in [0.717, 1.165) is 11.3 Å². The van der Waals surface area contributed by atoms with Gasteiger partial charge in [0.1, 0.15) is 0 Å². The molecule has 1 atom stereocenters. The van der Waals surface area contributed by atoms with E-state index in [1.165, 1.54) is 0 Å². The van der Waals surface area contributed by atoms with Crippen LogP contribution in [0.1, 0.15) is 36.2 Å². The molecule has 1 N–H and O–H groups in total. The number of ether oxygens (including phenoxy) is 1. The minimum absolute atomic E-state index is 0.142. The summed E-state index contributed by atoms with van der Waals surface area (Å²) in [7, 11) is 0. The number of thioether (sulfide) groups is 1. The van der Waals surface area contributed by atoms with E-state index < -0.39 is 17.6 Å². The number of hydrogen-bond acceptors (Lipinski definition) is 5. The number of carbonyl (C=O) groups excluding carboxylic acids is 2. The first kappa shape index (κ1) is 20.2. The van der Waals surface area contributed by atoms with Crippen LogP contribution in [0.2, 0.25) is 0 Å². The predicted molar refractivity (Wildman–Crippen MR) is 95.8 cm³/mol. The summed E-state index contributed by atoms with van der Waals surface area (Å²) >= 11 is 1.69. The second-order valence-corrected chi connectivity index (χ2v) is 6.49. The first-order valence-electron chi connectivity index (χ1n) is 7.90. The number of nitrogens with zero attached hydrogens (tertiary/aromatic N) is 1. The lowest BCUT2D eigenvalue weighted by molar-refractivity contribution is -0.122. The lowest BCUT2D eigenvalue weighted by atomic mass is 9.97. The monoisotopic (exact) mass is 348 g/mol. The van der Waals surface area contributed by atoms with Crippen molar-refractivity contribution in [3.05, 3.63) is 35.4 Å². The summed E-state index contributed by atoms with van der Waals surface area (Å²) < 4.78 is 5.37. The fourth-order valence-electron chi connectivity index (χ4n) is 2.04. The van der Waals surface area contributed by atoms with Crippen molar-refractivity contribution < 1.29 is 14.3 Å². The van der Waals surface area contributed by atoms with Gasteiger partial charge in [-0.1, -0.05) is 24.3 Å². The Morgan fingerprint density at radius 3 is 2.50 bits per heavy atom. The fraction of sp³-hybridized carbons (Fsp3) is 0.500. The fourth-order valence-corrected chi connectivity index (χ4v) is 2.57. The number of carbonyl (C=O) groups is 2. The molecule has 0 fully saturated rings. The van der Waals surface area contributed by atoms with Gasteiger partial charge in [-0.05, 0) is 32.1 Å². The van der Waals surface area contributed by atoms with Crippen molar-refractivity contribution in [1.29, 1.82) is 5.26 Å². The van der Waals surface area contributed by atoms with E-state index in [1.807, 2.05) is 32.2 Å². The zero-order chi connectivity index (χ0) is 17.9. The zero-order valence-electron chi connectivity index (χ0n) is 14.4. The van der Waals surface area contributed by atoms with Crippen molar-refractivity contribution in [3.8, 4) is 6.07 Å². The highest BCUT2D eigenvalue weighted by Crippen LogP contribution is 2.14. The first-order valence-corrected chi connectivity index (χ1v) is 9.30. The molecule has 1 rings (SSSR count). The maximum absolute atomic E-state index is 12.4. The third-order valence-electron chi connectivity index (χ3n) is 3.27. The van der Waals surface area contributed by atoms with Gasteiger partial charge in [0.25, 0.3) is 0 Å². The number of nitrogens with one attached hydrogen (secondary N) is 1. The largest absolute Gasteiger partial charge is 0.379 e. The standard InChI is InChI=1S/C18H24N2O3S/c1-13(2)23-10-4-9-20-18(22)16(11-19)17(21)15-7-5-14(6-8-15)12-24-3/h5-8,13,16H,4,9-10,12H2,1-3H3,(H,20,22). The summed E-state index contributed by atoms with van der Waals surface area (Å²) in [4.78, 5) is 24.4. The van der Waals surface area contributed by atoms with Crippen LogP contribution in [-0.2, 0) is 15.3 Å². The van der Waals surface area contributed by atoms with Crippen LogP contribution in [0.15, 0.2) is 24.3 Å². The Labute approximate surface area is 147 Å². The quantitative estimate of drug-likeness (QED) is 0.399. The second kappa shape index (κ2) is 10.8. The van der Waals surface area contributed by atoms with E-state index in [2.05, 4.69) is 5.32 Å². The molecule has 0 spiro atoms. The Balaban J connectivity index is 2.56. The van der Waals surface area contributed by atoms with Crippen LogP contribution >= 0.6 is 11.8 Å². The van der Waals surface area contributed by atoms with Crippen molar-refractivity contribution in [2.45, 2.75) is 32.1 Å². The number of Topliss-reactive ketones (excluding diaryl/α,β-unsaturated/α-hetero) is 1. The Morgan fingerprint density at radius 2 is 1.96 bits per heavy atom. The molecule has 0 aliphatic rings. The SMILES string of the molecule is CSCc1ccc(C(=O)C(C#N)C(=O)NCCCOC(C)C)cc1. The summed E-state index contributed by atoms with van der Waals surface area (Å²) in [5.74, 6) is -1.48. The molecule has 0 aromatic heterocycles. The number of hydrogen-bond donors (Lipinski definition) is 1. The van der Waals surface area contributed by atoms with Crippen molar-refractivity contribution in [1.82, 2.24) is 5.32 Å². The second-order valence-electron chi connectivity index (χ2n) is 5.62. The number of nitriles is 1. The summed E-state index contributed by atoms with van der Waals surface area (Å²) in [6.07, 6.45) is 2.78. The summed E-state index contributed by atoms with van der Waals surface area (Å²) in [6.45, 7) is 4.78. The maximum atomic E-state index is 12.4. The van der Waals surface area contributed by atoms with E-state index in [4.69, 9.17) is 4.74 Å². The topological polar surface area (TPSA) is 79.2 Å². The van der Waals surface area contributed by atoms with Gasteiger partial charge in [-0.2, -0.15) is 17.0 Å². The molecule has 0 aliphatic carbocycles. The Hall–Kier alpha value is -1.84. The highest BCUT2D eigenvalue weighted by atomic mass is 32.2. The van der Waals surface area contributed by atoms with Crippen molar-refractivity contribution >= 4 is 23.5 Å². The zero-order valence-corrected chi connectivity index (χ0v) is 15.2. The molecule has 1 aromatic carbocycles. The molecule has 0 heterocycles. The third kappa shape index (κ3) is 6.73. The Morgan fingerprint density at radius 1 is 1.29 bits per heavy atom. The van der Waals surface area contributed by atoms with Crippen LogP contribution in [0.5, 0.6) is 0 Å². The van der Waals surface area contributed by atoms with Gasteiger partial charge >= 0.3 is 0 Å². The van der Waals surface area contributed by atoms with Gasteiger partial charge in [0, 0.05) is 24.5 Å². The number of rotatable bonds is 10. The van der Waals surface area contributed by atoms with Gasteiger partial charge in [-0.25, -0.2) is 0 Å². The highest BCUT2D eigenvalue weighted by Gasteiger charge is 2.27. The summed E-state index contributed by atoms with van der Waals surface area (Å²) in [5.41, 5.74) is 1.48. The summed E-state index contributed by atoms with van der Waals surface area (Å²) in [6, 6.07) is 8.83. The maximum Gasteiger partial charge on any atom is 0.245 e. The molecule has 0 aliphatic heterocycles. The van der Waals surface area contributed by atoms with Crippen molar-refractivity contribution in [2.75, 3.05) is 19.4 Å². The van der Waals surface area contributed by atoms with Crippen molar-refractivity contribution in [3.63, 3.8) is 0 Å². The Kier molecular flexibility index (Phi) is 9.13. The van der Waals surface area contributed by atoms with Gasteiger partial charge in [0.2, 0.25) is 5.91 Å². The number of benzene rings is 1. The van der Waals surface area contributed by atoms with E-state index in [-0.39, 0.29) is 6.10 Å². The Bertz CT molecular complexity index is 579. The van der Waals surface area contributed by atoms with Crippen LogP contribution in [0, 0.1) is 17.2 Å². The molecule has 0 bridgehead atoms. The lowest BCUT2D eigenvalue weighted by Gasteiger charge is -2.11. The van der Waals surface area contributed by atoms with Crippen LogP contribution in [0.3, 0.4) is 0 Å². The molecule has 1 amide bonds. The molecular weight excluding hydrogens is 324 g/mol. The van der Waals surface area contributed by atoms with Gasteiger partial charge in [-0.3, -0.25) is 9.59 Å². The smallest absolute Gasteiger partial charge is 0.245 e. The molecule has 130 valence electrons. The minimum atomic E-state index is -1.32. The average Bonchev–Trinajstić information content (AvgIpc) is 2.55. The van der Waals surface area contributed by atoms with E-state index in [9.17, 15) is 14.9 Å².